The summed E-state index contributed by atoms with van der Waals surface area (Å²) in [6.45, 7) is 6.96. The largest absolute Gasteiger partial charge is 0.456 e. The summed E-state index contributed by atoms with van der Waals surface area (Å²) in [5.41, 5.74) is 2.59. The van der Waals surface area contributed by atoms with Crippen molar-refractivity contribution in [3.8, 4) is 28.7 Å². The normalized spacial score (nSPS) is 10.6. The summed E-state index contributed by atoms with van der Waals surface area (Å²) in [5.74, 6) is -0.0183. The Balaban J connectivity index is 1.94. The number of aromatic nitrogens is 1. The summed E-state index contributed by atoms with van der Waals surface area (Å²) in [6.07, 6.45) is 1.71. The van der Waals surface area contributed by atoms with E-state index in [1.54, 1.807) is 63.5 Å². The minimum absolute atomic E-state index is 0.146. The number of amides is 1. The van der Waals surface area contributed by atoms with Crippen LogP contribution in [0.1, 0.15) is 11.1 Å². The highest BCUT2D eigenvalue weighted by molar-refractivity contribution is 6.06. The molecule has 0 radical (unpaired) electrons. The lowest BCUT2D eigenvalue weighted by molar-refractivity contribution is -0.112. The number of rotatable bonds is 5. The number of carbonyl (C=O) groups excluding carboxylic acids is 1. The number of nitrogens with zero attached hydrogens (tertiary/aromatic N) is 2. The van der Waals surface area contributed by atoms with Gasteiger partial charge in [-0.15, -0.1) is 0 Å². The number of benzene rings is 3. The number of hydrogen-bond acceptors (Lipinski definition) is 4. The van der Waals surface area contributed by atoms with Gasteiger partial charge in [0.05, 0.1) is 0 Å². The predicted octanol–water partition coefficient (Wildman–Crippen LogP) is 5.77. The van der Waals surface area contributed by atoms with Crippen LogP contribution in [-0.4, -0.2) is 10.5 Å². The molecule has 0 unspecified atom stereocenters. The summed E-state index contributed by atoms with van der Waals surface area (Å²) in [7, 11) is 1.66. The van der Waals surface area contributed by atoms with Gasteiger partial charge in [-0.2, -0.15) is 5.26 Å². The number of fused-ring (bicyclic) bond motifs is 1. The molecule has 0 saturated carbocycles. The molecule has 35 heavy (non-hydrogen) atoms. The second-order valence-corrected chi connectivity index (χ2v) is 8.23. The van der Waals surface area contributed by atoms with Crippen molar-refractivity contribution in [3.63, 3.8) is 0 Å². The molecule has 0 aliphatic rings. The summed E-state index contributed by atoms with van der Waals surface area (Å²) in [5, 5.41) is 12.9. The van der Waals surface area contributed by atoms with Gasteiger partial charge in [-0.05, 0) is 66.8 Å². The average molecular weight is 468 g/mol. The molecule has 4 aromatic rings. The van der Waals surface area contributed by atoms with Gasteiger partial charge in [-0.1, -0.05) is 24.8 Å². The number of carbonyl (C=O) groups is 1. The zero-order valence-electron chi connectivity index (χ0n) is 19.5. The molecule has 0 bridgehead atoms. The number of aryl methyl sites for hydroxylation is 3. The van der Waals surface area contributed by atoms with Crippen LogP contribution in [0.15, 0.2) is 77.7 Å². The quantitative estimate of drug-likeness (QED) is 0.298. The Morgan fingerprint density at radius 1 is 1.06 bits per heavy atom. The summed E-state index contributed by atoms with van der Waals surface area (Å²) < 4.78 is 21.6. The Kier molecular flexibility index (Phi) is 6.22. The van der Waals surface area contributed by atoms with Crippen LogP contribution in [0, 0.1) is 31.0 Å². The van der Waals surface area contributed by atoms with Crippen molar-refractivity contribution >= 4 is 22.4 Å². The first-order chi connectivity index (χ1) is 16.7. The number of hydrogen-bond donors (Lipinski definition) is 1. The molecule has 1 N–H and O–H groups in total. The van der Waals surface area contributed by atoms with E-state index < -0.39 is 5.91 Å². The third-order valence-corrected chi connectivity index (χ3v) is 5.66. The average Bonchev–Trinajstić information content (AvgIpc) is 2.83. The molecule has 1 heterocycles. The number of halogens is 1. The van der Waals surface area contributed by atoms with E-state index in [-0.39, 0.29) is 16.9 Å². The number of nitriles is 1. The fraction of sp³-hybridized carbons (Fsp3) is 0.107. The van der Waals surface area contributed by atoms with Crippen LogP contribution in [0.25, 0.3) is 21.9 Å². The van der Waals surface area contributed by atoms with Crippen molar-refractivity contribution in [1.82, 2.24) is 4.57 Å². The lowest BCUT2D eigenvalue weighted by Gasteiger charge is -2.18. The van der Waals surface area contributed by atoms with Crippen LogP contribution < -0.4 is 15.6 Å². The minimum Gasteiger partial charge on any atom is -0.456 e. The molecule has 0 atom stereocenters. The zero-order valence-corrected chi connectivity index (χ0v) is 19.5. The van der Waals surface area contributed by atoms with E-state index in [4.69, 9.17) is 10.00 Å². The smallest absolute Gasteiger partial charge is 0.265 e. The third kappa shape index (κ3) is 4.55. The zero-order chi connectivity index (χ0) is 25.3. The van der Waals surface area contributed by atoms with Gasteiger partial charge in [0.25, 0.3) is 11.5 Å². The molecule has 1 amide bonds. The van der Waals surface area contributed by atoms with E-state index in [2.05, 4.69) is 11.9 Å². The Bertz CT molecular complexity index is 1590. The third-order valence-electron chi connectivity index (χ3n) is 5.66. The molecule has 3 aromatic carbocycles. The molecule has 4 rings (SSSR count). The first-order valence-electron chi connectivity index (χ1n) is 10.8. The maximum absolute atomic E-state index is 13.9. The van der Waals surface area contributed by atoms with Crippen LogP contribution in [0.3, 0.4) is 0 Å². The van der Waals surface area contributed by atoms with Crippen LogP contribution in [0.5, 0.6) is 11.5 Å². The minimum atomic E-state index is -0.623. The Morgan fingerprint density at radius 3 is 2.37 bits per heavy atom. The van der Waals surface area contributed by atoms with Gasteiger partial charge in [0.15, 0.2) is 0 Å². The van der Waals surface area contributed by atoms with E-state index in [0.29, 0.717) is 50.2 Å². The highest BCUT2D eigenvalue weighted by Gasteiger charge is 2.17. The maximum Gasteiger partial charge on any atom is 0.265 e. The predicted molar refractivity (Wildman–Crippen MR) is 134 cm³/mol. The molecule has 0 spiro atoms. The summed E-state index contributed by atoms with van der Waals surface area (Å²) in [6, 6.07) is 16.8. The van der Waals surface area contributed by atoms with Crippen molar-refractivity contribution in [2.75, 3.05) is 5.32 Å². The SMILES string of the molecule is C=C(C#N)C(=O)Nc1ccc(Oc2c(C)cc(F)cc2C)c(-c2cn(C)c(=O)c3ccccc23)c1. The fourth-order valence-electron chi connectivity index (χ4n) is 3.96. The fourth-order valence-corrected chi connectivity index (χ4v) is 3.96. The Hall–Kier alpha value is -4.70. The van der Waals surface area contributed by atoms with Crippen molar-refractivity contribution in [2.24, 2.45) is 7.05 Å². The van der Waals surface area contributed by atoms with Gasteiger partial charge in [-0.25, -0.2) is 4.39 Å². The second-order valence-electron chi connectivity index (χ2n) is 8.23. The highest BCUT2D eigenvalue weighted by atomic mass is 19.1. The molecule has 0 fully saturated rings. The van der Waals surface area contributed by atoms with Gasteiger partial charge >= 0.3 is 0 Å². The first kappa shape index (κ1) is 23.5. The first-order valence-corrected chi connectivity index (χ1v) is 10.8. The van der Waals surface area contributed by atoms with E-state index >= 15 is 0 Å². The number of nitrogens with one attached hydrogen (secondary N) is 1. The second kappa shape index (κ2) is 9.27. The molecule has 0 saturated heterocycles. The topological polar surface area (TPSA) is 84.1 Å². The standard InChI is InChI=1S/C28H22FN3O3/c1-16-11-19(29)12-17(2)26(16)35-25-10-9-20(31-27(33)18(3)14-30)13-23(25)24-15-32(4)28(34)22-8-6-5-7-21(22)24/h5-13,15H,3H2,1-2,4H3,(H,31,33). The monoisotopic (exact) mass is 467 g/mol. The molecule has 7 heteroatoms. The van der Waals surface area contributed by atoms with Crippen molar-refractivity contribution in [3.05, 3.63) is 100 Å². The Morgan fingerprint density at radius 2 is 1.71 bits per heavy atom. The summed E-state index contributed by atoms with van der Waals surface area (Å²) in [4.78, 5) is 25.0. The lowest BCUT2D eigenvalue weighted by Crippen LogP contribution is -2.16. The van der Waals surface area contributed by atoms with E-state index in [1.165, 1.54) is 16.7 Å². The van der Waals surface area contributed by atoms with Gasteiger partial charge in [-0.3, -0.25) is 9.59 Å². The van der Waals surface area contributed by atoms with Gasteiger partial charge in [0.2, 0.25) is 0 Å². The van der Waals surface area contributed by atoms with Crippen LogP contribution in [0.2, 0.25) is 0 Å². The van der Waals surface area contributed by atoms with Gasteiger partial charge in [0.1, 0.15) is 29.0 Å². The molecule has 0 aliphatic carbocycles. The molecule has 174 valence electrons. The van der Waals surface area contributed by atoms with Crippen molar-refractivity contribution in [1.29, 1.82) is 5.26 Å². The maximum atomic E-state index is 13.9. The van der Waals surface area contributed by atoms with Crippen LogP contribution in [-0.2, 0) is 11.8 Å². The highest BCUT2D eigenvalue weighted by Crippen LogP contribution is 2.40. The molecular formula is C28H22FN3O3. The number of pyridine rings is 1. The van der Waals surface area contributed by atoms with E-state index in [0.717, 1.165) is 0 Å². The molecule has 6 nitrogen and oxygen atoms in total. The number of ether oxygens (including phenoxy) is 1. The van der Waals surface area contributed by atoms with Gasteiger partial charge < -0.3 is 14.6 Å². The van der Waals surface area contributed by atoms with Crippen molar-refractivity contribution in [2.45, 2.75) is 13.8 Å². The molecule has 0 aliphatic heterocycles. The Labute approximate surface area is 201 Å². The van der Waals surface area contributed by atoms with Crippen molar-refractivity contribution < 1.29 is 13.9 Å². The van der Waals surface area contributed by atoms with E-state index in [9.17, 15) is 14.0 Å². The van der Waals surface area contributed by atoms with E-state index in [1.807, 2.05) is 12.1 Å². The number of anilines is 1. The van der Waals surface area contributed by atoms with Gasteiger partial charge in [0, 0.05) is 35.4 Å². The molecular weight excluding hydrogens is 445 g/mol. The van der Waals surface area contributed by atoms with Crippen LogP contribution >= 0.6 is 0 Å². The lowest BCUT2D eigenvalue weighted by atomic mass is 9.99. The summed E-state index contributed by atoms with van der Waals surface area (Å²) >= 11 is 0. The molecule has 1 aromatic heterocycles. The van der Waals surface area contributed by atoms with Crippen LogP contribution in [0.4, 0.5) is 10.1 Å².